The molecular weight excluding hydrogens is 376 g/mol. The molecule has 9 nitrogen and oxygen atoms in total. The lowest BCUT2D eigenvalue weighted by Crippen LogP contribution is -2.26. The van der Waals surface area contributed by atoms with Crippen LogP contribution in [0.3, 0.4) is 0 Å². The summed E-state index contributed by atoms with van der Waals surface area (Å²) in [6.07, 6.45) is 2.73. The molecule has 0 bridgehead atoms. The van der Waals surface area contributed by atoms with Crippen molar-refractivity contribution in [1.82, 2.24) is 15.0 Å². The Morgan fingerprint density at radius 2 is 2.07 bits per heavy atom. The minimum absolute atomic E-state index is 0.102. The first-order chi connectivity index (χ1) is 14.1. The van der Waals surface area contributed by atoms with E-state index in [-0.39, 0.29) is 13.3 Å². The molecule has 146 valence electrons. The van der Waals surface area contributed by atoms with Crippen LogP contribution in [-0.2, 0) is 16.3 Å². The van der Waals surface area contributed by atoms with E-state index in [0.29, 0.717) is 28.0 Å². The molecule has 0 saturated carbocycles. The van der Waals surface area contributed by atoms with Gasteiger partial charge < -0.3 is 14.2 Å². The second-order valence-corrected chi connectivity index (χ2v) is 5.69. The van der Waals surface area contributed by atoms with E-state index in [0.717, 1.165) is 4.68 Å². The van der Waals surface area contributed by atoms with E-state index in [2.05, 4.69) is 10.3 Å². The van der Waals surface area contributed by atoms with Gasteiger partial charge in [0.25, 0.3) is 5.56 Å². The molecule has 0 saturated heterocycles. The van der Waals surface area contributed by atoms with Crippen LogP contribution in [0.5, 0.6) is 11.5 Å². The Kier molecular flexibility index (Phi) is 6.17. The fourth-order valence-electron chi connectivity index (χ4n) is 2.46. The molecule has 0 fully saturated rings. The normalized spacial score (nSPS) is 10.6. The van der Waals surface area contributed by atoms with Crippen molar-refractivity contribution in [2.45, 2.75) is 6.73 Å². The third-order valence-electron chi connectivity index (χ3n) is 3.85. The van der Waals surface area contributed by atoms with Crippen LogP contribution in [0.25, 0.3) is 17.0 Å². The van der Waals surface area contributed by atoms with Gasteiger partial charge >= 0.3 is 5.97 Å². The highest BCUT2D eigenvalue weighted by Crippen LogP contribution is 2.28. The van der Waals surface area contributed by atoms with Crippen molar-refractivity contribution in [2.24, 2.45) is 0 Å². The number of esters is 1. The highest BCUT2D eigenvalue weighted by Gasteiger charge is 2.07. The van der Waals surface area contributed by atoms with Crippen LogP contribution in [0.4, 0.5) is 0 Å². The predicted octanol–water partition coefficient (Wildman–Crippen LogP) is 1.92. The lowest BCUT2D eigenvalue weighted by molar-refractivity contribution is -0.141. The molecule has 1 heterocycles. The Morgan fingerprint density at radius 1 is 1.24 bits per heavy atom. The Bertz CT molecular complexity index is 1160. The molecule has 0 amide bonds. The summed E-state index contributed by atoms with van der Waals surface area (Å²) in [4.78, 5) is 24.3. The zero-order chi connectivity index (χ0) is 20.6. The van der Waals surface area contributed by atoms with Crippen molar-refractivity contribution in [3.8, 4) is 17.6 Å². The number of rotatable bonds is 7. The standard InChI is InChI=1S/C20H16N4O5/c1-27-18-12-14(6-8-17(18)28-11-10-21)7-9-19(25)29-13-24-20(26)15-4-2-3-5-16(15)22-23-24/h2-9,12H,11,13H2,1H3/b9-7+. The number of carbonyl (C=O) groups excluding carboxylic acids is 1. The SMILES string of the molecule is COc1cc(/C=C/C(=O)OCn2nnc3ccccc3c2=O)ccc1OCC#N. The fraction of sp³-hybridized carbons (Fsp3) is 0.150. The molecule has 1 aromatic heterocycles. The second-order valence-electron chi connectivity index (χ2n) is 5.69. The first-order valence-electron chi connectivity index (χ1n) is 8.47. The zero-order valence-electron chi connectivity index (χ0n) is 15.4. The average Bonchev–Trinajstić information content (AvgIpc) is 2.76. The molecule has 0 aliphatic rings. The molecule has 3 aromatic rings. The van der Waals surface area contributed by atoms with E-state index in [1.165, 1.54) is 19.3 Å². The molecule has 0 aliphatic heterocycles. The fourth-order valence-corrected chi connectivity index (χ4v) is 2.46. The number of fused-ring (bicyclic) bond motifs is 1. The second kappa shape index (κ2) is 9.14. The maximum Gasteiger partial charge on any atom is 0.332 e. The number of nitrogens with zero attached hydrogens (tertiary/aromatic N) is 4. The number of aromatic nitrogens is 3. The third kappa shape index (κ3) is 4.75. The number of nitriles is 1. The van der Waals surface area contributed by atoms with Gasteiger partial charge in [-0.05, 0) is 35.9 Å². The van der Waals surface area contributed by atoms with E-state index < -0.39 is 11.5 Å². The molecule has 0 spiro atoms. The summed E-state index contributed by atoms with van der Waals surface area (Å²) in [6, 6.07) is 13.6. The summed E-state index contributed by atoms with van der Waals surface area (Å²) in [5.74, 6) is 0.187. The van der Waals surface area contributed by atoms with Crippen LogP contribution < -0.4 is 15.0 Å². The summed E-state index contributed by atoms with van der Waals surface area (Å²) >= 11 is 0. The highest BCUT2D eigenvalue weighted by atomic mass is 16.5. The summed E-state index contributed by atoms with van der Waals surface area (Å²) in [5, 5.41) is 16.6. The van der Waals surface area contributed by atoms with Crippen molar-refractivity contribution in [3.63, 3.8) is 0 Å². The van der Waals surface area contributed by atoms with Gasteiger partial charge in [-0.3, -0.25) is 4.79 Å². The van der Waals surface area contributed by atoms with Crippen LogP contribution >= 0.6 is 0 Å². The first kappa shape index (κ1) is 19.6. The maximum atomic E-state index is 12.3. The van der Waals surface area contributed by atoms with E-state index in [4.69, 9.17) is 19.5 Å². The van der Waals surface area contributed by atoms with Crippen LogP contribution in [-0.4, -0.2) is 34.7 Å². The number of ether oxygens (including phenoxy) is 3. The molecule has 0 aliphatic carbocycles. The molecule has 0 radical (unpaired) electrons. The van der Waals surface area contributed by atoms with Crippen molar-refractivity contribution >= 4 is 22.9 Å². The molecule has 0 atom stereocenters. The van der Waals surface area contributed by atoms with E-state index in [9.17, 15) is 9.59 Å². The molecular formula is C20H16N4O5. The van der Waals surface area contributed by atoms with Crippen LogP contribution in [0.2, 0.25) is 0 Å². The molecule has 9 heteroatoms. The first-order valence-corrected chi connectivity index (χ1v) is 8.47. The minimum Gasteiger partial charge on any atom is -0.493 e. The zero-order valence-corrected chi connectivity index (χ0v) is 15.4. The lowest BCUT2D eigenvalue weighted by Gasteiger charge is -2.08. The predicted molar refractivity (Wildman–Crippen MR) is 103 cm³/mol. The van der Waals surface area contributed by atoms with Gasteiger partial charge in [0.2, 0.25) is 0 Å². The van der Waals surface area contributed by atoms with Gasteiger partial charge in [-0.1, -0.05) is 23.4 Å². The average molecular weight is 392 g/mol. The minimum atomic E-state index is -0.657. The van der Waals surface area contributed by atoms with Crippen molar-refractivity contribution < 1.29 is 19.0 Å². The Morgan fingerprint density at radius 3 is 2.86 bits per heavy atom. The van der Waals surface area contributed by atoms with Crippen molar-refractivity contribution in [2.75, 3.05) is 13.7 Å². The van der Waals surface area contributed by atoms with Crippen molar-refractivity contribution in [3.05, 3.63) is 64.5 Å². The Balaban J connectivity index is 1.65. The van der Waals surface area contributed by atoms with Gasteiger partial charge in [-0.2, -0.15) is 9.94 Å². The molecule has 29 heavy (non-hydrogen) atoms. The maximum absolute atomic E-state index is 12.3. The van der Waals surface area contributed by atoms with Gasteiger partial charge in [-0.15, -0.1) is 5.10 Å². The van der Waals surface area contributed by atoms with E-state index in [1.807, 2.05) is 6.07 Å². The summed E-state index contributed by atoms with van der Waals surface area (Å²) < 4.78 is 16.5. The number of methoxy groups -OCH3 is 1. The van der Waals surface area contributed by atoms with E-state index in [1.54, 1.807) is 42.5 Å². The van der Waals surface area contributed by atoms with Crippen LogP contribution in [0.1, 0.15) is 5.56 Å². The number of hydrogen-bond donors (Lipinski definition) is 0. The Hall–Kier alpha value is -4.19. The highest BCUT2D eigenvalue weighted by molar-refractivity contribution is 5.87. The van der Waals surface area contributed by atoms with Gasteiger partial charge in [0, 0.05) is 6.08 Å². The number of hydrogen-bond acceptors (Lipinski definition) is 8. The monoisotopic (exact) mass is 392 g/mol. The van der Waals surface area contributed by atoms with Gasteiger partial charge in [0.15, 0.2) is 24.8 Å². The Labute approximate surface area is 165 Å². The van der Waals surface area contributed by atoms with Gasteiger partial charge in [0.1, 0.15) is 11.6 Å². The molecule has 3 rings (SSSR count). The summed E-state index contributed by atoms with van der Waals surface area (Å²) in [5.41, 5.74) is 0.729. The lowest BCUT2D eigenvalue weighted by atomic mass is 10.2. The number of benzene rings is 2. The molecule has 2 aromatic carbocycles. The molecule has 0 unspecified atom stereocenters. The van der Waals surface area contributed by atoms with Crippen molar-refractivity contribution in [1.29, 1.82) is 5.26 Å². The van der Waals surface area contributed by atoms with E-state index >= 15 is 0 Å². The third-order valence-corrected chi connectivity index (χ3v) is 3.85. The quantitative estimate of drug-likeness (QED) is 0.442. The smallest absolute Gasteiger partial charge is 0.332 e. The number of carbonyl (C=O) groups is 1. The van der Waals surface area contributed by atoms with Crippen LogP contribution in [0, 0.1) is 11.3 Å². The largest absolute Gasteiger partial charge is 0.493 e. The topological polar surface area (TPSA) is 116 Å². The summed E-state index contributed by atoms with van der Waals surface area (Å²) in [6.45, 7) is -0.459. The van der Waals surface area contributed by atoms with Gasteiger partial charge in [0.05, 0.1) is 12.5 Å². The summed E-state index contributed by atoms with van der Waals surface area (Å²) in [7, 11) is 1.47. The molecule has 0 N–H and O–H groups in total. The van der Waals surface area contributed by atoms with Crippen LogP contribution in [0.15, 0.2) is 53.3 Å². The van der Waals surface area contributed by atoms with Gasteiger partial charge in [-0.25, -0.2) is 4.79 Å².